The van der Waals surface area contributed by atoms with Gasteiger partial charge in [0.15, 0.2) is 0 Å². The molecule has 4 heteroatoms. The Hall–Kier alpha value is -1.65. The molecule has 0 saturated heterocycles. The normalized spacial score (nSPS) is 12.4. The zero-order valence-electron chi connectivity index (χ0n) is 14.4. The number of amides is 1. The maximum Gasteiger partial charge on any atom is 0.224 e. The summed E-state index contributed by atoms with van der Waals surface area (Å²) in [5.74, 6) is 0.126. The van der Waals surface area contributed by atoms with Gasteiger partial charge in [0.2, 0.25) is 5.91 Å². The monoisotopic (exact) mass is 330 g/mol. The molecule has 1 atom stereocenters. The Morgan fingerprint density at radius 3 is 2.48 bits per heavy atom. The average molecular weight is 330 g/mol. The van der Waals surface area contributed by atoms with E-state index in [1.165, 1.54) is 20.9 Å². The van der Waals surface area contributed by atoms with Gasteiger partial charge in [-0.1, -0.05) is 24.3 Å². The number of carbonyl (C=O) groups is 1. The highest BCUT2D eigenvalue weighted by atomic mass is 32.1. The van der Waals surface area contributed by atoms with Crippen LogP contribution < -0.4 is 5.73 Å². The van der Waals surface area contributed by atoms with Gasteiger partial charge in [-0.25, -0.2) is 0 Å². The minimum atomic E-state index is -0.102. The van der Waals surface area contributed by atoms with Crippen LogP contribution in [-0.2, 0) is 11.3 Å². The second-order valence-corrected chi connectivity index (χ2v) is 7.55. The van der Waals surface area contributed by atoms with E-state index in [-0.39, 0.29) is 18.0 Å². The molecule has 3 nitrogen and oxygen atoms in total. The minimum absolute atomic E-state index is 0.102. The summed E-state index contributed by atoms with van der Waals surface area (Å²) in [5.41, 5.74) is 8.31. The molecule has 1 aromatic heterocycles. The first-order chi connectivity index (χ1) is 10.9. The summed E-state index contributed by atoms with van der Waals surface area (Å²) < 4.78 is 0. The molecule has 0 saturated carbocycles. The van der Waals surface area contributed by atoms with Crippen LogP contribution in [0.1, 0.15) is 37.6 Å². The van der Waals surface area contributed by atoms with Gasteiger partial charge in [0, 0.05) is 28.3 Å². The Morgan fingerprint density at radius 2 is 1.87 bits per heavy atom. The highest BCUT2D eigenvalue weighted by Gasteiger charge is 2.19. The molecule has 2 N–H and O–H groups in total. The molecule has 1 heterocycles. The van der Waals surface area contributed by atoms with Crippen molar-refractivity contribution in [1.29, 1.82) is 0 Å². The van der Waals surface area contributed by atoms with Crippen molar-refractivity contribution in [2.45, 2.75) is 52.7 Å². The Balaban J connectivity index is 2.16. The van der Waals surface area contributed by atoms with Crippen molar-refractivity contribution in [2.75, 3.05) is 0 Å². The average Bonchev–Trinajstić information content (AvgIpc) is 2.92. The molecule has 1 amide bonds. The van der Waals surface area contributed by atoms with E-state index in [0.29, 0.717) is 13.0 Å². The fourth-order valence-corrected chi connectivity index (χ4v) is 3.67. The van der Waals surface area contributed by atoms with E-state index in [9.17, 15) is 4.79 Å². The van der Waals surface area contributed by atoms with Crippen LogP contribution in [0.4, 0.5) is 0 Å². The van der Waals surface area contributed by atoms with Gasteiger partial charge in [0.25, 0.3) is 0 Å². The van der Waals surface area contributed by atoms with Crippen LogP contribution in [0, 0.1) is 6.92 Å². The van der Waals surface area contributed by atoms with Gasteiger partial charge in [0.1, 0.15) is 0 Å². The number of nitrogens with zero attached hydrogens (tertiary/aromatic N) is 1. The molecule has 0 fully saturated rings. The SMILES string of the molecule is Cc1ccccc1-c1ccc(CN(C(=O)CC(C)N)C(C)C)s1. The third-order valence-corrected chi connectivity index (χ3v) is 4.94. The van der Waals surface area contributed by atoms with Crippen LogP contribution in [-0.4, -0.2) is 22.9 Å². The van der Waals surface area contributed by atoms with E-state index in [0.717, 1.165) is 0 Å². The number of thiophene rings is 1. The molecule has 0 bridgehead atoms. The predicted octanol–water partition coefficient (Wildman–Crippen LogP) is 4.20. The molecule has 0 aliphatic heterocycles. The van der Waals surface area contributed by atoms with E-state index in [1.807, 2.05) is 11.8 Å². The number of hydrogen-bond donors (Lipinski definition) is 1. The third kappa shape index (κ3) is 4.66. The van der Waals surface area contributed by atoms with Crippen molar-refractivity contribution in [3.63, 3.8) is 0 Å². The number of aryl methyl sites for hydroxylation is 1. The zero-order valence-corrected chi connectivity index (χ0v) is 15.2. The first kappa shape index (κ1) is 17.7. The third-order valence-electron chi connectivity index (χ3n) is 3.84. The molecule has 0 aliphatic carbocycles. The van der Waals surface area contributed by atoms with Crippen molar-refractivity contribution in [3.05, 3.63) is 46.8 Å². The summed E-state index contributed by atoms with van der Waals surface area (Å²) in [6, 6.07) is 12.7. The maximum atomic E-state index is 12.4. The van der Waals surface area contributed by atoms with E-state index in [4.69, 9.17) is 5.73 Å². The summed E-state index contributed by atoms with van der Waals surface area (Å²) in [7, 11) is 0. The van der Waals surface area contributed by atoms with Crippen LogP contribution in [0.15, 0.2) is 36.4 Å². The lowest BCUT2D eigenvalue weighted by atomic mass is 10.1. The largest absolute Gasteiger partial charge is 0.335 e. The number of nitrogens with two attached hydrogens (primary N) is 1. The molecular formula is C19H26N2OS. The second-order valence-electron chi connectivity index (χ2n) is 6.38. The Bertz CT molecular complexity index is 661. The van der Waals surface area contributed by atoms with Gasteiger partial charge in [-0.2, -0.15) is 0 Å². The molecule has 2 aromatic rings. The first-order valence-electron chi connectivity index (χ1n) is 8.08. The number of hydrogen-bond acceptors (Lipinski definition) is 3. The van der Waals surface area contributed by atoms with Crippen LogP contribution in [0.2, 0.25) is 0 Å². The summed E-state index contributed by atoms with van der Waals surface area (Å²) in [5, 5.41) is 0. The first-order valence-corrected chi connectivity index (χ1v) is 8.90. The number of benzene rings is 1. The van der Waals surface area contributed by atoms with Gasteiger partial charge >= 0.3 is 0 Å². The van der Waals surface area contributed by atoms with Crippen molar-refractivity contribution in [3.8, 4) is 10.4 Å². The molecule has 23 heavy (non-hydrogen) atoms. The fourth-order valence-electron chi connectivity index (χ4n) is 2.58. The summed E-state index contributed by atoms with van der Waals surface area (Å²) in [4.78, 5) is 16.7. The van der Waals surface area contributed by atoms with Crippen LogP contribution in [0.5, 0.6) is 0 Å². The highest BCUT2D eigenvalue weighted by molar-refractivity contribution is 7.15. The van der Waals surface area contributed by atoms with Gasteiger partial charge in [-0.3, -0.25) is 4.79 Å². The van der Waals surface area contributed by atoms with E-state index in [2.05, 4.69) is 57.2 Å². The fraction of sp³-hybridized carbons (Fsp3) is 0.421. The van der Waals surface area contributed by atoms with Gasteiger partial charge in [-0.15, -0.1) is 11.3 Å². The van der Waals surface area contributed by atoms with E-state index in [1.54, 1.807) is 11.3 Å². The van der Waals surface area contributed by atoms with Gasteiger partial charge in [-0.05, 0) is 51.0 Å². The number of rotatable bonds is 6. The maximum absolute atomic E-state index is 12.4. The molecule has 1 aromatic carbocycles. The summed E-state index contributed by atoms with van der Waals surface area (Å²) in [6.07, 6.45) is 0.397. The number of carbonyl (C=O) groups excluding carboxylic acids is 1. The van der Waals surface area contributed by atoms with Gasteiger partial charge in [0.05, 0.1) is 6.54 Å². The summed E-state index contributed by atoms with van der Waals surface area (Å²) >= 11 is 1.76. The summed E-state index contributed by atoms with van der Waals surface area (Å²) in [6.45, 7) is 8.75. The van der Waals surface area contributed by atoms with Crippen LogP contribution in [0.25, 0.3) is 10.4 Å². The van der Waals surface area contributed by atoms with E-state index < -0.39 is 0 Å². The van der Waals surface area contributed by atoms with Crippen LogP contribution >= 0.6 is 11.3 Å². The molecule has 2 rings (SSSR count). The lowest BCUT2D eigenvalue weighted by Crippen LogP contribution is -2.38. The Labute approximate surface area is 143 Å². The zero-order chi connectivity index (χ0) is 17.0. The molecule has 0 spiro atoms. The lowest BCUT2D eigenvalue weighted by Gasteiger charge is -2.27. The molecule has 0 aliphatic rings. The molecular weight excluding hydrogens is 304 g/mol. The van der Waals surface area contributed by atoms with Gasteiger partial charge < -0.3 is 10.6 Å². The van der Waals surface area contributed by atoms with E-state index >= 15 is 0 Å². The van der Waals surface area contributed by atoms with Crippen molar-refractivity contribution < 1.29 is 4.79 Å². The van der Waals surface area contributed by atoms with Crippen molar-refractivity contribution in [2.24, 2.45) is 5.73 Å². The Kier molecular flexibility index (Phi) is 5.97. The van der Waals surface area contributed by atoms with Crippen molar-refractivity contribution in [1.82, 2.24) is 4.90 Å². The smallest absolute Gasteiger partial charge is 0.224 e. The Morgan fingerprint density at radius 1 is 1.17 bits per heavy atom. The second kappa shape index (κ2) is 7.75. The van der Waals surface area contributed by atoms with Crippen molar-refractivity contribution >= 4 is 17.2 Å². The molecule has 0 radical (unpaired) electrons. The predicted molar refractivity (Wildman–Crippen MR) is 98.4 cm³/mol. The quantitative estimate of drug-likeness (QED) is 0.863. The topological polar surface area (TPSA) is 46.3 Å². The lowest BCUT2D eigenvalue weighted by molar-refractivity contribution is -0.133. The molecule has 1 unspecified atom stereocenters. The standard InChI is InChI=1S/C19H26N2OS/c1-13(2)21(19(22)11-15(4)20)12-16-9-10-18(23-16)17-8-6-5-7-14(17)3/h5-10,13,15H,11-12,20H2,1-4H3. The molecule has 124 valence electrons. The van der Waals surface area contributed by atoms with Crippen LogP contribution in [0.3, 0.4) is 0 Å². The highest BCUT2D eigenvalue weighted by Crippen LogP contribution is 2.31. The minimum Gasteiger partial charge on any atom is -0.335 e.